The van der Waals surface area contributed by atoms with Crippen LogP contribution in [-0.4, -0.2) is 30.1 Å². The van der Waals surface area contributed by atoms with Gasteiger partial charge in [-0.25, -0.2) is 4.39 Å². The third kappa shape index (κ3) is 3.00. The molecular formula is C16H22ClFN2. The van der Waals surface area contributed by atoms with Gasteiger partial charge < -0.3 is 5.32 Å². The molecule has 20 heavy (non-hydrogen) atoms. The first-order chi connectivity index (χ1) is 9.69. The van der Waals surface area contributed by atoms with Crippen LogP contribution in [0.4, 0.5) is 4.39 Å². The SMILES string of the molecule is Fc1cccc(CN2CCNC3(CCCCC3)C2)c1Cl. The lowest BCUT2D eigenvalue weighted by Crippen LogP contribution is -2.60. The van der Waals surface area contributed by atoms with Crippen LogP contribution in [0.25, 0.3) is 0 Å². The molecule has 4 heteroatoms. The fourth-order valence-corrected chi connectivity index (χ4v) is 3.84. The van der Waals surface area contributed by atoms with Crippen LogP contribution in [0.5, 0.6) is 0 Å². The zero-order valence-electron chi connectivity index (χ0n) is 11.8. The van der Waals surface area contributed by atoms with Crippen LogP contribution in [0.15, 0.2) is 18.2 Å². The summed E-state index contributed by atoms with van der Waals surface area (Å²) in [5, 5.41) is 4.01. The van der Waals surface area contributed by atoms with Crippen molar-refractivity contribution >= 4 is 11.6 Å². The highest BCUT2D eigenvalue weighted by atomic mass is 35.5. The number of benzene rings is 1. The molecule has 2 fully saturated rings. The van der Waals surface area contributed by atoms with Gasteiger partial charge in [-0.05, 0) is 24.5 Å². The van der Waals surface area contributed by atoms with Gasteiger partial charge in [0.05, 0.1) is 5.02 Å². The highest BCUT2D eigenvalue weighted by Gasteiger charge is 2.36. The molecule has 1 spiro atoms. The minimum absolute atomic E-state index is 0.281. The van der Waals surface area contributed by atoms with Crippen LogP contribution in [0.1, 0.15) is 37.7 Å². The first kappa shape index (κ1) is 14.3. The molecule has 1 aliphatic heterocycles. The second-order valence-electron chi connectivity index (χ2n) is 6.19. The largest absolute Gasteiger partial charge is 0.309 e. The molecule has 0 radical (unpaired) electrons. The van der Waals surface area contributed by atoms with E-state index in [-0.39, 0.29) is 16.4 Å². The first-order valence-corrected chi connectivity index (χ1v) is 7.97. The number of hydrogen-bond acceptors (Lipinski definition) is 2. The number of halogens is 2. The van der Waals surface area contributed by atoms with Gasteiger partial charge in [0.2, 0.25) is 0 Å². The zero-order valence-corrected chi connectivity index (χ0v) is 12.6. The van der Waals surface area contributed by atoms with Crippen molar-refractivity contribution in [2.75, 3.05) is 19.6 Å². The van der Waals surface area contributed by atoms with E-state index in [1.54, 1.807) is 6.07 Å². The van der Waals surface area contributed by atoms with Crippen LogP contribution < -0.4 is 5.32 Å². The van der Waals surface area contributed by atoms with E-state index in [0.29, 0.717) is 0 Å². The normalized spacial score (nSPS) is 23.1. The van der Waals surface area contributed by atoms with Crippen molar-refractivity contribution in [1.29, 1.82) is 0 Å². The standard InChI is InChI=1S/C16H22ClFN2/c17-15-13(5-4-6-14(15)18)11-20-10-9-19-16(12-20)7-2-1-3-8-16/h4-6,19H,1-3,7-12H2. The Labute approximate surface area is 125 Å². The molecule has 1 aliphatic carbocycles. The Morgan fingerprint density at radius 1 is 1.25 bits per heavy atom. The highest BCUT2D eigenvalue weighted by molar-refractivity contribution is 6.31. The zero-order chi connectivity index (χ0) is 14.0. The monoisotopic (exact) mass is 296 g/mol. The van der Waals surface area contributed by atoms with Crippen LogP contribution >= 0.6 is 11.6 Å². The molecule has 1 heterocycles. The summed E-state index contributed by atoms with van der Waals surface area (Å²) in [7, 11) is 0. The number of rotatable bonds is 2. The molecule has 0 bridgehead atoms. The summed E-state index contributed by atoms with van der Waals surface area (Å²) in [6.45, 7) is 3.83. The summed E-state index contributed by atoms with van der Waals surface area (Å²) < 4.78 is 13.5. The predicted octanol–water partition coefficient (Wildman–Crippen LogP) is 3.59. The quantitative estimate of drug-likeness (QED) is 0.897. The average molecular weight is 297 g/mol. The maximum atomic E-state index is 13.5. The predicted molar refractivity (Wildman–Crippen MR) is 80.5 cm³/mol. The maximum absolute atomic E-state index is 13.5. The molecule has 1 N–H and O–H groups in total. The van der Waals surface area contributed by atoms with Crippen molar-refractivity contribution in [3.63, 3.8) is 0 Å². The van der Waals surface area contributed by atoms with Gasteiger partial charge in [-0.2, -0.15) is 0 Å². The van der Waals surface area contributed by atoms with Gasteiger partial charge in [0, 0.05) is 31.7 Å². The molecular weight excluding hydrogens is 275 g/mol. The molecule has 0 unspecified atom stereocenters. The molecule has 3 rings (SSSR count). The van der Waals surface area contributed by atoms with E-state index in [1.165, 1.54) is 38.2 Å². The van der Waals surface area contributed by atoms with E-state index < -0.39 is 0 Å². The van der Waals surface area contributed by atoms with E-state index in [9.17, 15) is 4.39 Å². The Morgan fingerprint density at radius 3 is 2.85 bits per heavy atom. The molecule has 1 aromatic carbocycles. The van der Waals surface area contributed by atoms with Gasteiger partial charge in [-0.3, -0.25) is 4.90 Å². The maximum Gasteiger partial charge on any atom is 0.142 e. The number of hydrogen-bond donors (Lipinski definition) is 1. The van der Waals surface area contributed by atoms with Crippen molar-refractivity contribution in [3.05, 3.63) is 34.6 Å². The van der Waals surface area contributed by atoms with E-state index in [2.05, 4.69) is 10.2 Å². The van der Waals surface area contributed by atoms with Crippen LogP contribution in [-0.2, 0) is 6.54 Å². The van der Waals surface area contributed by atoms with Gasteiger partial charge in [-0.1, -0.05) is 43.0 Å². The van der Waals surface area contributed by atoms with Crippen LogP contribution in [0, 0.1) is 5.82 Å². The molecule has 0 atom stereocenters. The lowest BCUT2D eigenvalue weighted by atomic mass is 9.80. The average Bonchev–Trinajstić information content (AvgIpc) is 2.45. The van der Waals surface area contributed by atoms with Crippen molar-refractivity contribution in [2.24, 2.45) is 0 Å². The number of nitrogens with zero attached hydrogens (tertiary/aromatic N) is 1. The molecule has 1 saturated carbocycles. The summed E-state index contributed by atoms with van der Waals surface area (Å²) in [4.78, 5) is 2.42. The van der Waals surface area contributed by atoms with Crippen molar-refractivity contribution in [3.8, 4) is 0 Å². The second-order valence-corrected chi connectivity index (χ2v) is 6.57. The number of piperazine rings is 1. The smallest absolute Gasteiger partial charge is 0.142 e. The molecule has 0 aromatic heterocycles. The van der Waals surface area contributed by atoms with Crippen molar-refractivity contribution < 1.29 is 4.39 Å². The summed E-state index contributed by atoms with van der Waals surface area (Å²) in [6.07, 6.45) is 6.53. The minimum Gasteiger partial charge on any atom is -0.309 e. The van der Waals surface area contributed by atoms with Gasteiger partial charge in [0.1, 0.15) is 5.82 Å². The topological polar surface area (TPSA) is 15.3 Å². The third-order valence-electron chi connectivity index (χ3n) is 4.69. The van der Waals surface area contributed by atoms with Crippen molar-refractivity contribution in [2.45, 2.75) is 44.2 Å². The highest BCUT2D eigenvalue weighted by Crippen LogP contribution is 2.31. The first-order valence-electron chi connectivity index (χ1n) is 7.59. The Hall–Kier alpha value is -0.640. The fraction of sp³-hybridized carbons (Fsp3) is 0.625. The van der Waals surface area contributed by atoms with Gasteiger partial charge >= 0.3 is 0 Å². The van der Waals surface area contributed by atoms with E-state index in [0.717, 1.165) is 31.7 Å². The van der Waals surface area contributed by atoms with Crippen LogP contribution in [0.3, 0.4) is 0 Å². The molecule has 110 valence electrons. The Morgan fingerprint density at radius 2 is 2.05 bits per heavy atom. The summed E-state index contributed by atoms with van der Waals surface area (Å²) in [5.74, 6) is -0.313. The van der Waals surface area contributed by atoms with Crippen LogP contribution in [0.2, 0.25) is 5.02 Å². The van der Waals surface area contributed by atoms with E-state index in [4.69, 9.17) is 11.6 Å². The summed E-state index contributed by atoms with van der Waals surface area (Å²) in [5.41, 5.74) is 1.19. The molecule has 1 saturated heterocycles. The molecule has 2 nitrogen and oxygen atoms in total. The van der Waals surface area contributed by atoms with E-state index in [1.807, 2.05) is 6.07 Å². The third-order valence-corrected chi connectivity index (χ3v) is 5.11. The second kappa shape index (κ2) is 6.00. The number of nitrogens with one attached hydrogen (secondary N) is 1. The molecule has 1 aromatic rings. The lowest BCUT2D eigenvalue weighted by Gasteiger charge is -2.46. The van der Waals surface area contributed by atoms with Gasteiger partial charge in [-0.15, -0.1) is 0 Å². The molecule has 0 amide bonds. The minimum atomic E-state index is -0.313. The summed E-state index contributed by atoms with van der Waals surface area (Å²) in [6, 6.07) is 5.10. The Kier molecular flexibility index (Phi) is 4.29. The van der Waals surface area contributed by atoms with E-state index >= 15 is 0 Å². The fourth-order valence-electron chi connectivity index (χ4n) is 3.65. The summed E-state index contributed by atoms with van der Waals surface area (Å²) >= 11 is 6.07. The molecule has 2 aliphatic rings. The van der Waals surface area contributed by atoms with Gasteiger partial charge in [0.25, 0.3) is 0 Å². The lowest BCUT2D eigenvalue weighted by molar-refractivity contribution is 0.0945. The van der Waals surface area contributed by atoms with Gasteiger partial charge in [0.15, 0.2) is 0 Å². The van der Waals surface area contributed by atoms with Crippen molar-refractivity contribution in [1.82, 2.24) is 10.2 Å². The Balaban J connectivity index is 1.69. The Bertz CT molecular complexity index is 466.